The first-order valence-corrected chi connectivity index (χ1v) is 6.32. The van der Waals surface area contributed by atoms with Gasteiger partial charge in [-0.15, -0.1) is 0 Å². The third kappa shape index (κ3) is 2.32. The van der Waals surface area contributed by atoms with Crippen molar-refractivity contribution in [3.63, 3.8) is 0 Å². The van der Waals surface area contributed by atoms with Crippen molar-refractivity contribution in [2.45, 2.75) is 20.4 Å². The van der Waals surface area contributed by atoms with Crippen LogP contribution in [0.5, 0.6) is 5.75 Å². The quantitative estimate of drug-likeness (QED) is 0.890. The SMILES string of the molecule is CCn1c(=O)c(NC(=O)c2ccc(O)cc2)c(C)n1C. The zero-order valence-corrected chi connectivity index (χ0v) is 11.7. The summed E-state index contributed by atoms with van der Waals surface area (Å²) in [6, 6.07) is 5.86. The highest BCUT2D eigenvalue weighted by Crippen LogP contribution is 2.13. The van der Waals surface area contributed by atoms with Crippen LogP contribution in [0.2, 0.25) is 0 Å². The summed E-state index contributed by atoms with van der Waals surface area (Å²) in [5, 5.41) is 11.8. The van der Waals surface area contributed by atoms with Gasteiger partial charge in [0.15, 0.2) is 0 Å². The zero-order valence-electron chi connectivity index (χ0n) is 11.7. The first kappa shape index (κ1) is 13.9. The molecule has 2 rings (SSSR count). The third-order valence-corrected chi connectivity index (χ3v) is 3.33. The van der Waals surface area contributed by atoms with Gasteiger partial charge in [0.25, 0.3) is 11.5 Å². The highest BCUT2D eigenvalue weighted by Gasteiger charge is 2.16. The Kier molecular flexibility index (Phi) is 3.65. The smallest absolute Gasteiger partial charge is 0.290 e. The number of carbonyl (C=O) groups is 1. The molecule has 0 atom stereocenters. The van der Waals surface area contributed by atoms with E-state index in [1.165, 1.54) is 24.3 Å². The van der Waals surface area contributed by atoms with Gasteiger partial charge in [0.1, 0.15) is 11.4 Å². The molecule has 6 heteroatoms. The van der Waals surface area contributed by atoms with E-state index in [9.17, 15) is 14.7 Å². The van der Waals surface area contributed by atoms with Gasteiger partial charge in [-0.3, -0.25) is 14.3 Å². The number of hydrogen-bond donors (Lipinski definition) is 2. The van der Waals surface area contributed by atoms with E-state index >= 15 is 0 Å². The molecule has 0 aliphatic heterocycles. The van der Waals surface area contributed by atoms with Gasteiger partial charge in [0.05, 0.1) is 5.69 Å². The van der Waals surface area contributed by atoms with E-state index in [2.05, 4.69) is 5.32 Å². The van der Waals surface area contributed by atoms with Crippen molar-refractivity contribution in [1.29, 1.82) is 0 Å². The predicted octanol–water partition coefficient (Wildman–Crippen LogP) is 1.47. The molecule has 106 valence electrons. The third-order valence-electron chi connectivity index (χ3n) is 3.33. The highest BCUT2D eigenvalue weighted by atomic mass is 16.3. The number of anilines is 1. The fraction of sp³-hybridized carbons (Fsp3) is 0.286. The second-order valence-corrected chi connectivity index (χ2v) is 4.51. The van der Waals surface area contributed by atoms with Crippen LogP contribution in [-0.2, 0) is 13.6 Å². The molecule has 0 unspecified atom stereocenters. The summed E-state index contributed by atoms with van der Waals surface area (Å²) in [7, 11) is 1.77. The molecular formula is C14H17N3O3. The van der Waals surface area contributed by atoms with E-state index < -0.39 is 0 Å². The first-order valence-electron chi connectivity index (χ1n) is 6.32. The van der Waals surface area contributed by atoms with Crippen LogP contribution in [0.25, 0.3) is 0 Å². The molecule has 1 amide bonds. The number of amides is 1. The van der Waals surface area contributed by atoms with Crippen LogP contribution in [-0.4, -0.2) is 20.4 Å². The summed E-state index contributed by atoms with van der Waals surface area (Å²) in [6.07, 6.45) is 0. The maximum atomic E-state index is 12.1. The molecule has 0 aliphatic carbocycles. The summed E-state index contributed by atoms with van der Waals surface area (Å²) in [4.78, 5) is 24.2. The average Bonchev–Trinajstić information content (AvgIpc) is 2.63. The summed E-state index contributed by atoms with van der Waals surface area (Å²) in [6.45, 7) is 4.18. The van der Waals surface area contributed by atoms with E-state index in [1.807, 2.05) is 6.92 Å². The summed E-state index contributed by atoms with van der Waals surface area (Å²) in [5.74, 6) is -0.287. The minimum absolute atomic E-state index is 0.0887. The van der Waals surface area contributed by atoms with Crippen LogP contribution in [0.4, 0.5) is 5.69 Å². The van der Waals surface area contributed by atoms with Gasteiger partial charge in [-0.1, -0.05) is 0 Å². The Labute approximate surface area is 116 Å². The van der Waals surface area contributed by atoms with Gasteiger partial charge in [-0.25, -0.2) is 4.68 Å². The molecule has 2 aromatic rings. The number of benzene rings is 1. The topological polar surface area (TPSA) is 76.3 Å². The summed E-state index contributed by atoms with van der Waals surface area (Å²) < 4.78 is 3.26. The van der Waals surface area contributed by atoms with Crippen molar-refractivity contribution >= 4 is 11.6 Å². The number of phenolic OH excluding ortho intramolecular Hbond substituents is 1. The Balaban J connectivity index is 2.33. The van der Waals surface area contributed by atoms with Gasteiger partial charge >= 0.3 is 0 Å². The lowest BCUT2D eigenvalue weighted by atomic mass is 10.2. The lowest BCUT2D eigenvalue weighted by Gasteiger charge is -2.04. The molecule has 6 nitrogen and oxygen atoms in total. The number of aromatic hydroxyl groups is 1. The Morgan fingerprint density at radius 2 is 1.90 bits per heavy atom. The van der Waals surface area contributed by atoms with E-state index in [4.69, 9.17) is 0 Å². The fourth-order valence-electron chi connectivity index (χ4n) is 2.06. The zero-order chi connectivity index (χ0) is 14.9. The Morgan fingerprint density at radius 1 is 1.30 bits per heavy atom. The molecule has 0 spiro atoms. The fourth-order valence-corrected chi connectivity index (χ4v) is 2.06. The van der Waals surface area contributed by atoms with E-state index in [1.54, 1.807) is 23.3 Å². The normalized spacial score (nSPS) is 10.6. The number of nitrogens with one attached hydrogen (secondary N) is 1. The van der Waals surface area contributed by atoms with Gasteiger partial charge < -0.3 is 10.4 Å². The lowest BCUT2D eigenvalue weighted by Crippen LogP contribution is -2.23. The molecule has 0 aliphatic rings. The van der Waals surface area contributed by atoms with Gasteiger partial charge in [-0.05, 0) is 38.1 Å². The number of carbonyl (C=O) groups excluding carboxylic acids is 1. The predicted molar refractivity (Wildman–Crippen MR) is 76.1 cm³/mol. The van der Waals surface area contributed by atoms with Crippen LogP contribution in [0.1, 0.15) is 23.0 Å². The maximum absolute atomic E-state index is 12.1. The second kappa shape index (κ2) is 5.24. The molecular weight excluding hydrogens is 258 g/mol. The molecule has 1 aromatic heterocycles. The molecule has 1 heterocycles. The Morgan fingerprint density at radius 3 is 2.40 bits per heavy atom. The van der Waals surface area contributed by atoms with Gasteiger partial charge in [0, 0.05) is 19.2 Å². The van der Waals surface area contributed by atoms with Crippen LogP contribution in [0.15, 0.2) is 29.1 Å². The molecule has 0 saturated heterocycles. The van der Waals surface area contributed by atoms with Crippen molar-refractivity contribution < 1.29 is 9.90 Å². The van der Waals surface area contributed by atoms with E-state index in [0.29, 0.717) is 17.8 Å². The Hall–Kier alpha value is -2.50. The maximum Gasteiger partial charge on any atom is 0.290 e. The number of phenols is 1. The number of aromatic nitrogens is 2. The summed E-state index contributed by atoms with van der Waals surface area (Å²) in [5.41, 5.74) is 1.14. The molecule has 0 fully saturated rings. The largest absolute Gasteiger partial charge is 0.508 e. The molecule has 0 radical (unpaired) electrons. The van der Waals surface area contributed by atoms with Gasteiger partial charge in [0.2, 0.25) is 0 Å². The van der Waals surface area contributed by atoms with Crippen LogP contribution in [0, 0.1) is 6.92 Å². The molecule has 0 saturated carbocycles. The van der Waals surface area contributed by atoms with Crippen molar-refractivity contribution in [3.05, 3.63) is 45.9 Å². The van der Waals surface area contributed by atoms with E-state index in [0.717, 1.165) is 0 Å². The minimum atomic E-state index is -0.376. The van der Waals surface area contributed by atoms with Crippen molar-refractivity contribution in [2.24, 2.45) is 7.05 Å². The van der Waals surface area contributed by atoms with Crippen molar-refractivity contribution in [2.75, 3.05) is 5.32 Å². The second-order valence-electron chi connectivity index (χ2n) is 4.51. The lowest BCUT2D eigenvalue weighted by molar-refractivity contribution is 0.102. The van der Waals surface area contributed by atoms with Crippen molar-refractivity contribution in [3.8, 4) is 5.75 Å². The van der Waals surface area contributed by atoms with Crippen LogP contribution >= 0.6 is 0 Å². The van der Waals surface area contributed by atoms with E-state index in [-0.39, 0.29) is 22.9 Å². The molecule has 2 N–H and O–H groups in total. The average molecular weight is 275 g/mol. The van der Waals surface area contributed by atoms with Crippen LogP contribution < -0.4 is 10.9 Å². The summed E-state index contributed by atoms with van der Waals surface area (Å²) >= 11 is 0. The molecule has 20 heavy (non-hydrogen) atoms. The highest BCUT2D eigenvalue weighted by molar-refractivity contribution is 6.04. The number of nitrogens with zero attached hydrogens (tertiary/aromatic N) is 2. The number of hydrogen-bond acceptors (Lipinski definition) is 3. The first-order chi connectivity index (χ1) is 9.45. The Bertz CT molecular complexity index is 696. The number of rotatable bonds is 3. The molecule has 0 bridgehead atoms. The molecule has 1 aromatic carbocycles. The van der Waals surface area contributed by atoms with Crippen LogP contribution in [0.3, 0.4) is 0 Å². The van der Waals surface area contributed by atoms with Gasteiger partial charge in [-0.2, -0.15) is 0 Å². The standard InChI is InChI=1S/C14H17N3O3/c1-4-17-14(20)12(9(2)16(17)3)15-13(19)10-5-7-11(18)8-6-10/h5-8,18H,4H2,1-3H3,(H,15,19). The monoisotopic (exact) mass is 275 g/mol. The van der Waals surface area contributed by atoms with Crippen molar-refractivity contribution in [1.82, 2.24) is 9.36 Å². The minimum Gasteiger partial charge on any atom is -0.508 e.